The van der Waals surface area contributed by atoms with Gasteiger partial charge in [-0.1, -0.05) is 6.08 Å². The van der Waals surface area contributed by atoms with Crippen molar-refractivity contribution < 1.29 is 13.5 Å². The molecule has 12 heavy (non-hydrogen) atoms. The average molecular weight is 213 g/mol. The fourth-order valence-electron chi connectivity index (χ4n) is 0.811. The van der Waals surface area contributed by atoms with Crippen LogP contribution in [0.4, 0.5) is 0 Å². The second-order valence-electron chi connectivity index (χ2n) is 2.58. The number of hydrogen-bond acceptors (Lipinski definition) is 3. The predicted molar refractivity (Wildman–Crippen MR) is 49.7 cm³/mol. The zero-order valence-corrected chi connectivity index (χ0v) is 8.31. The van der Waals surface area contributed by atoms with Gasteiger partial charge in [0, 0.05) is 10.7 Å². The van der Waals surface area contributed by atoms with E-state index < -0.39 is 15.2 Å². The van der Waals surface area contributed by atoms with Crippen LogP contribution in [-0.2, 0) is 9.05 Å². The summed E-state index contributed by atoms with van der Waals surface area (Å²) in [5.41, 5.74) is 0. The van der Waals surface area contributed by atoms with Crippen LogP contribution in [0, 0.1) is 0 Å². The molecule has 0 fully saturated rings. The molecule has 1 atom stereocenters. The van der Waals surface area contributed by atoms with Gasteiger partial charge >= 0.3 is 0 Å². The number of unbranched alkanes of at least 4 members (excludes halogenated alkanes) is 1. The fourth-order valence-corrected chi connectivity index (χ4v) is 1.87. The first-order valence-corrected chi connectivity index (χ1v) is 6.15. The molecule has 0 aliphatic carbocycles. The molecule has 0 bridgehead atoms. The van der Waals surface area contributed by atoms with Crippen LogP contribution in [0.1, 0.15) is 19.3 Å². The third-order valence-corrected chi connectivity index (χ3v) is 2.50. The summed E-state index contributed by atoms with van der Waals surface area (Å²) >= 11 is 0. The van der Waals surface area contributed by atoms with E-state index in [9.17, 15) is 8.42 Å². The first-order valence-electron chi connectivity index (χ1n) is 3.67. The summed E-state index contributed by atoms with van der Waals surface area (Å²) in [5, 5.41) is 9.11. The van der Waals surface area contributed by atoms with E-state index in [0.29, 0.717) is 6.42 Å². The molecule has 0 spiro atoms. The van der Waals surface area contributed by atoms with Crippen LogP contribution < -0.4 is 0 Å². The predicted octanol–water partition coefficient (Wildman–Crippen LogP) is 1.27. The average Bonchev–Trinajstić information content (AvgIpc) is 1.84. The molecule has 0 radical (unpaired) electrons. The van der Waals surface area contributed by atoms with Gasteiger partial charge in [0.1, 0.15) is 0 Å². The van der Waals surface area contributed by atoms with E-state index in [4.69, 9.17) is 15.8 Å². The summed E-state index contributed by atoms with van der Waals surface area (Å²) in [4.78, 5) is 0. The third-order valence-electron chi connectivity index (χ3n) is 1.34. The van der Waals surface area contributed by atoms with Crippen molar-refractivity contribution in [1.29, 1.82) is 0 Å². The van der Waals surface area contributed by atoms with Gasteiger partial charge in [0.25, 0.3) is 0 Å². The van der Waals surface area contributed by atoms with Crippen LogP contribution in [0.2, 0.25) is 0 Å². The highest BCUT2D eigenvalue weighted by Crippen LogP contribution is 2.06. The molecule has 0 aromatic heterocycles. The van der Waals surface area contributed by atoms with Crippen molar-refractivity contribution in [3.05, 3.63) is 12.7 Å². The highest BCUT2D eigenvalue weighted by atomic mass is 35.7. The molecule has 0 heterocycles. The summed E-state index contributed by atoms with van der Waals surface area (Å²) < 4.78 is 20.9. The molecule has 3 nitrogen and oxygen atoms in total. The zero-order valence-electron chi connectivity index (χ0n) is 6.74. The minimum Gasteiger partial charge on any atom is -0.392 e. The summed E-state index contributed by atoms with van der Waals surface area (Å²) in [6.07, 6.45) is 2.82. The van der Waals surface area contributed by atoms with Crippen molar-refractivity contribution >= 4 is 19.7 Å². The van der Waals surface area contributed by atoms with Gasteiger partial charge in [0.05, 0.1) is 11.9 Å². The number of aliphatic hydroxyl groups is 1. The Bertz CT molecular complexity index is 223. The number of allylic oxidation sites excluding steroid dienone is 1. The van der Waals surface area contributed by atoms with Crippen molar-refractivity contribution in [3.8, 4) is 0 Å². The van der Waals surface area contributed by atoms with E-state index in [1.807, 2.05) is 0 Å². The Morgan fingerprint density at radius 2 is 2.17 bits per heavy atom. The maximum absolute atomic E-state index is 10.5. The zero-order chi connectivity index (χ0) is 9.61. The second-order valence-corrected chi connectivity index (χ2v) is 5.40. The Hall–Kier alpha value is -0.0600. The van der Waals surface area contributed by atoms with Crippen molar-refractivity contribution in [2.24, 2.45) is 0 Å². The van der Waals surface area contributed by atoms with Gasteiger partial charge < -0.3 is 5.11 Å². The van der Waals surface area contributed by atoms with Gasteiger partial charge in [-0.2, -0.15) is 0 Å². The van der Waals surface area contributed by atoms with Crippen molar-refractivity contribution in [2.45, 2.75) is 25.4 Å². The number of aliphatic hydroxyl groups excluding tert-OH is 1. The smallest absolute Gasteiger partial charge is 0.235 e. The molecule has 1 unspecified atom stereocenters. The number of hydrogen-bond donors (Lipinski definition) is 1. The largest absolute Gasteiger partial charge is 0.392 e. The van der Waals surface area contributed by atoms with Gasteiger partial charge in [-0.15, -0.1) is 6.58 Å². The van der Waals surface area contributed by atoms with Crippen LogP contribution in [-0.4, -0.2) is 25.4 Å². The molecule has 0 aromatic carbocycles. The Labute approximate surface area is 77.5 Å². The van der Waals surface area contributed by atoms with Crippen LogP contribution >= 0.6 is 10.7 Å². The Balaban J connectivity index is 3.60. The highest BCUT2D eigenvalue weighted by Gasteiger charge is 2.13. The quantitative estimate of drug-likeness (QED) is 0.410. The standard InChI is InChI=1S/C7H13ClO3S/c1-2-3-4-5-7(9)6-12(8,10)11/h2,7,9H,1,3-6H2. The van der Waals surface area contributed by atoms with E-state index in [1.54, 1.807) is 6.08 Å². The summed E-state index contributed by atoms with van der Waals surface area (Å²) in [6.45, 7) is 3.51. The van der Waals surface area contributed by atoms with Gasteiger partial charge in [0.15, 0.2) is 0 Å². The Morgan fingerprint density at radius 3 is 2.58 bits per heavy atom. The Morgan fingerprint density at radius 1 is 1.58 bits per heavy atom. The van der Waals surface area contributed by atoms with E-state index in [-0.39, 0.29) is 5.75 Å². The van der Waals surface area contributed by atoms with Crippen LogP contribution in [0.15, 0.2) is 12.7 Å². The number of halogens is 1. The van der Waals surface area contributed by atoms with Crippen LogP contribution in [0.25, 0.3) is 0 Å². The molecule has 5 heteroatoms. The lowest BCUT2D eigenvalue weighted by molar-refractivity contribution is 0.185. The maximum atomic E-state index is 10.5. The van der Waals surface area contributed by atoms with E-state index >= 15 is 0 Å². The molecular weight excluding hydrogens is 200 g/mol. The molecule has 1 N–H and O–H groups in total. The molecular formula is C7H13ClO3S. The van der Waals surface area contributed by atoms with Gasteiger partial charge in [-0.3, -0.25) is 0 Å². The first kappa shape index (κ1) is 11.9. The molecule has 0 aliphatic heterocycles. The van der Waals surface area contributed by atoms with Gasteiger partial charge in [0.2, 0.25) is 9.05 Å². The van der Waals surface area contributed by atoms with Crippen molar-refractivity contribution in [3.63, 3.8) is 0 Å². The molecule has 0 amide bonds. The maximum Gasteiger partial charge on any atom is 0.235 e. The molecule has 0 saturated carbocycles. The summed E-state index contributed by atoms with van der Waals surface area (Å²) in [6, 6.07) is 0. The van der Waals surface area contributed by atoms with Gasteiger partial charge in [-0.05, 0) is 19.3 Å². The molecule has 72 valence electrons. The lowest BCUT2D eigenvalue weighted by Crippen LogP contribution is -2.16. The topological polar surface area (TPSA) is 54.4 Å². The minimum atomic E-state index is -3.56. The third kappa shape index (κ3) is 8.04. The SMILES string of the molecule is C=CCCCC(O)CS(=O)(=O)Cl. The van der Waals surface area contributed by atoms with Crippen molar-refractivity contribution in [2.75, 3.05) is 5.75 Å². The Kier molecular flexibility index (Phi) is 5.53. The van der Waals surface area contributed by atoms with Crippen molar-refractivity contribution in [1.82, 2.24) is 0 Å². The summed E-state index contributed by atoms with van der Waals surface area (Å²) in [7, 11) is 1.37. The molecule has 0 rings (SSSR count). The van der Waals surface area contributed by atoms with E-state index in [2.05, 4.69) is 6.58 Å². The normalized spacial score (nSPS) is 14.2. The highest BCUT2D eigenvalue weighted by molar-refractivity contribution is 8.13. The first-order chi connectivity index (χ1) is 5.45. The number of rotatable bonds is 6. The molecule has 0 aliphatic rings. The second kappa shape index (κ2) is 5.56. The van der Waals surface area contributed by atoms with Crippen LogP contribution in [0.3, 0.4) is 0 Å². The molecule has 0 saturated heterocycles. The monoisotopic (exact) mass is 212 g/mol. The lowest BCUT2D eigenvalue weighted by atomic mass is 10.2. The fraction of sp³-hybridized carbons (Fsp3) is 0.714. The van der Waals surface area contributed by atoms with E-state index in [0.717, 1.165) is 12.8 Å². The molecule has 0 aromatic rings. The van der Waals surface area contributed by atoms with Gasteiger partial charge in [-0.25, -0.2) is 8.42 Å². The van der Waals surface area contributed by atoms with Crippen LogP contribution in [0.5, 0.6) is 0 Å². The lowest BCUT2D eigenvalue weighted by Gasteiger charge is -2.05. The van der Waals surface area contributed by atoms with E-state index in [1.165, 1.54) is 0 Å². The summed E-state index contributed by atoms with van der Waals surface area (Å²) in [5.74, 6) is -0.369. The minimum absolute atomic E-state index is 0.369.